The van der Waals surface area contributed by atoms with Crippen LogP contribution in [0, 0.1) is 0 Å². The Labute approximate surface area is 255 Å². The van der Waals surface area contributed by atoms with Crippen molar-refractivity contribution in [3.8, 4) is 5.75 Å². The SMILES string of the molecule is CSCCC(N)C(=O)NC(Cc1ccccc1)C(=O)NC(Cc1ccc(O)cc1)C(=O)NC(CCCN=C(N)N)C(=O)O. The summed E-state index contributed by atoms with van der Waals surface area (Å²) < 4.78 is 0. The molecule has 0 saturated carbocycles. The van der Waals surface area contributed by atoms with Crippen LogP contribution in [0.2, 0.25) is 0 Å². The molecule has 0 saturated heterocycles. The largest absolute Gasteiger partial charge is 0.508 e. The molecule has 4 atom stereocenters. The zero-order chi connectivity index (χ0) is 31.8. The quantitative estimate of drug-likeness (QED) is 0.0627. The molecule has 234 valence electrons. The van der Waals surface area contributed by atoms with Crippen LogP contribution < -0.4 is 33.2 Å². The topological polar surface area (TPSA) is 235 Å². The number of nitrogens with two attached hydrogens (primary N) is 3. The zero-order valence-electron chi connectivity index (χ0n) is 24.1. The Morgan fingerprint density at radius 2 is 1.35 bits per heavy atom. The Balaban J connectivity index is 2.28. The van der Waals surface area contributed by atoms with Crippen molar-refractivity contribution in [2.75, 3.05) is 18.6 Å². The maximum atomic E-state index is 13.6. The Hall–Kier alpha value is -4.30. The number of nitrogens with one attached hydrogen (secondary N) is 3. The molecule has 0 aliphatic heterocycles. The molecule has 0 heterocycles. The van der Waals surface area contributed by atoms with Crippen molar-refractivity contribution in [1.82, 2.24) is 16.0 Å². The summed E-state index contributed by atoms with van der Waals surface area (Å²) in [7, 11) is 0. The molecule has 0 aliphatic rings. The first-order valence-corrected chi connectivity index (χ1v) is 15.1. The molecule has 14 heteroatoms. The Bertz CT molecular complexity index is 1230. The molecule has 43 heavy (non-hydrogen) atoms. The number of phenolic OH excluding ortho intramolecular Hbond substituents is 1. The molecule has 0 bridgehead atoms. The van der Waals surface area contributed by atoms with Crippen LogP contribution in [-0.4, -0.2) is 82.6 Å². The lowest BCUT2D eigenvalue weighted by Gasteiger charge is -2.25. The molecule has 0 spiro atoms. The summed E-state index contributed by atoms with van der Waals surface area (Å²) >= 11 is 1.54. The fourth-order valence-electron chi connectivity index (χ4n) is 4.10. The van der Waals surface area contributed by atoms with Gasteiger partial charge >= 0.3 is 5.97 Å². The molecule has 11 N–H and O–H groups in total. The third-order valence-corrected chi connectivity index (χ3v) is 7.10. The lowest BCUT2D eigenvalue weighted by Crippen LogP contribution is -2.58. The number of phenols is 1. The second-order valence-electron chi connectivity index (χ2n) is 9.92. The molecule has 0 aliphatic carbocycles. The Kier molecular flexibility index (Phi) is 14.8. The van der Waals surface area contributed by atoms with Crippen molar-refractivity contribution in [2.24, 2.45) is 22.2 Å². The van der Waals surface area contributed by atoms with Crippen LogP contribution in [0.3, 0.4) is 0 Å². The number of carboxylic acid groups (broad SMARTS) is 1. The molecule has 0 radical (unpaired) electrons. The van der Waals surface area contributed by atoms with E-state index in [1.807, 2.05) is 12.3 Å². The van der Waals surface area contributed by atoms with Crippen LogP contribution in [0.4, 0.5) is 0 Å². The average molecular weight is 616 g/mol. The predicted octanol–water partition coefficient (Wildman–Crippen LogP) is -0.150. The van der Waals surface area contributed by atoms with Gasteiger partial charge in [0.15, 0.2) is 5.96 Å². The highest BCUT2D eigenvalue weighted by Gasteiger charge is 2.30. The number of nitrogens with zero attached hydrogens (tertiary/aromatic N) is 1. The first-order valence-electron chi connectivity index (χ1n) is 13.8. The van der Waals surface area contributed by atoms with Crippen LogP contribution in [0.1, 0.15) is 30.4 Å². The van der Waals surface area contributed by atoms with Gasteiger partial charge in [-0.05, 0) is 54.5 Å². The summed E-state index contributed by atoms with van der Waals surface area (Å²) in [6, 6.07) is 10.7. The molecule has 13 nitrogen and oxygen atoms in total. The van der Waals surface area contributed by atoms with Gasteiger partial charge in [0.1, 0.15) is 23.9 Å². The third kappa shape index (κ3) is 13.0. The van der Waals surface area contributed by atoms with E-state index in [9.17, 15) is 29.4 Å². The van der Waals surface area contributed by atoms with Crippen LogP contribution >= 0.6 is 11.8 Å². The van der Waals surface area contributed by atoms with Crippen molar-refractivity contribution >= 4 is 41.4 Å². The van der Waals surface area contributed by atoms with Crippen molar-refractivity contribution in [1.29, 1.82) is 0 Å². The van der Waals surface area contributed by atoms with Crippen molar-refractivity contribution in [3.63, 3.8) is 0 Å². The van der Waals surface area contributed by atoms with E-state index in [0.29, 0.717) is 17.7 Å². The second kappa shape index (κ2) is 18.3. The van der Waals surface area contributed by atoms with Gasteiger partial charge in [0, 0.05) is 19.4 Å². The van der Waals surface area contributed by atoms with Gasteiger partial charge < -0.3 is 43.4 Å². The van der Waals surface area contributed by atoms with E-state index in [0.717, 1.165) is 5.56 Å². The summed E-state index contributed by atoms with van der Waals surface area (Å²) in [4.78, 5) is 55.6. The minimum atomic E-state index is -1.27. The average Bonchev–Trinajstić information content (AvgIpc) is 2.97. The summed E-state index contributed by atoms with van der Waals surface area (Å²) in [5.41, 5.74) is 18.0. The molecule has 2 aromatic rings. The summed E-state index contributed by atoms with van der Waals surface area (Å²) in [5.74, 6) is -2.60. The number of aliphatic imine (C=N–C) groups is 1. The molecular weight excluding hydrogens is 574 g/mol. The van der Waals surface area contributed by atoms with Gasteiger partial charge in [-0.2, -0.15) is 11.8 Å². The number of carbonyl (C=O) groups is 4. The smallest absolute Gasteiger partial charge is 0.326 e. The van der Waals surface area contributed by atoms with Crippen molar-refractivity contribution in [3.05, 3.63) is 65.7 Å². The summed E-state index contributed by atoms with van der Waals surface area (Å²) in [6.45, 7) is 0.176. The second-order valence-corrected chi connectivity index (χ2v) is 10.9. The lowest BCUT2D eigenvalue weighted by atomic mass is 10.0. The first kappa shape index (κ1) is 34.9. The van der Waals surface area contributed by atoms with E-state index < -0.39 is 47.9 Å². The van der Waals surface area contributed by atoms with Gasteiger partial charge in [0.25, 0.3) is 0 Å². The highest BCUT2D eigenvalue weighted by atomic mass is 32.2. The van der Waals surface area contributed by atoms with E-state index in [1.165, 1.54) is 12.1 Å². The number of benzene rings is 2. The van der Waals surface area contributed by atoms with E-state index >= 15 is 0 Å². The van der Waals surface area contributed by atoms with Gasteiger partial charge in [-0.15, -0.1) is 0 Å². The fraction of sp³-hybridized carbons (Fsp3) is 0.414. The minimum absolute atomic E-state index is 0.0164. The van der Waals surface area contributed by atoms with Crippen LogP contribution in [-0.2, 0) is 32.0 Å². The van der Waals surface area contributed by atoms with Gasteiger partial charge in [0.05, 0.1) is 6.04 Å². The van der Waals surface area contributed by atoms with Gasteiger partial charge in [-0.1, -0.05) is 42.5 Å². The molecular formula is C29H41N7O6S. The molecule has 0 aromatic heterocycles. The summed E-state index contributed by atoms with van der Waals surface area (Å²) in [5, 5.41) is 27.3. The predicted molar refractivity (Wildman–Crippen MR) is 166 cm³/mol. The number of thioether (sulfide) groups is 1. The van der Waals surface area contributed by atoms with E-state index in [4.69, 9.17) is 17.2 Å². The Morgan fingerprint density at radius 3 is 1.88 bits per heavy atom. The number of aliphatic carboxylic acids is 1. The first-order chi connectivity index (χ1) is 20.5. The normalized spacial score (nSPS) is 13.5. The number of hydrogen-bond acceptors (Lipinski definition) is 8. The standard InChI is InChI=1S/C29H41N7O6S/c1-43-15-13-21(30)25(38)35-23(16-18-6-3-2-4-7-18)27(40)36-24(17-19-9-11-20(37)12-10-19)26(39)34-22(28(41)42)8-5-14-33-29(31)32/h2-4,6-7,9-12,21-24,37H,5,8,13-17,30H2,1H3,(H,34,39)(H,35,38)(H,36,40)(H,41,42)(H4,31,32,33). The molecule has 3 amide bonds. The monoisotopic (exact) mass is 615 g/mol. The van der Waals surface area contributed by atoms with E-state index in [2.05, 4.69) is 20.9 Å². The van der Waals surface area contributed by atoms with Crippen molar-refractivity contribution in [2.45, 2.75) is 56.3 Å². The van der Waals surface area contributed by atoms with Crippen molar-refractivity contribution < 1.29 is 29.4 Å². The number of hydrogen-bond donors (Lipinski definition) is 8. The molecule has 4 unspecified atom stereocenters. The number of aromatic hydroxyl groups is 1. The number of guanidine groups is 1. The van der Waals surface area contributed by atoms with Crippen LogP contribution in [0.25, 0.3) is 0 Å². The molecule has 2 rings (SSSR count). The highest BCUT2D eigenvalue weighted by molar-refractivity contribution is 7.98. The number of carbonyl (C=O) groups excluding carboxylic acids is 3. The lowest BCUT2D eigenvalue weighted by molar-refractivity contribution is -0.142. The number of rotatable bonds is 18. The highest BCUT2D eigenvalue weighted by Crippen LogP contribution is 2.13. The van der Waals surface area contributed by atoms with Crippen LogP contribution in [0.15, 0.2) is 59.6 Å². The van der Waals surface area contributed by atoms with E-state index in [-0.39, 0.29) is 43.9 Å². The summed E-state index contributed by atoms with van der Waals surface area (Å²) in [6.07, 6.45) is 2.75. The molecule has 2 aromatic carbocycles. The van der Waals surface area contributed by atoms with Gasteiger partial charge in [-0.25, -0.2) is 4.79 Å². The number of amides is 3. The van der Waals surface area contributed by atoms with Gasteiger partial charge in [0.2, 0.25) is 17.7 Å². The third-order valence-electron chi connectivity index (χ3n) is 6.45. The minimum Gasteiger partial charge on any atom is -0.508 e. The van der Waals surface area contributed by atoms with Crippen LogP contribution in [0.5, 0.6) is 5.75 Å². The number of carboxylic acids is 1. The maximum absolute atomic E-state index is 13.6. The Morgan fingerprint density at radius 1 is 0.814 bits per heavy atom. The fourth-order valence-corrected chi connectivity index (χ4v) is 4.59. The van der Waals surface area contributed by atoms with Gasteiger partial charge in [-0.3, -0.25) is 19.4 Å². The maximum Gasteiger partial charge on any atom is 0.326 e. The molecule has 0 fully saturated rings. The zero-order valence-corrected chi connectivity index (χ0v) is 24.9. The van der Waals surface area contributed by atoms with E-state index in [1.54, 1.807) is 48.2 Å².